The molecule has 1 amide bonds. The van der Waals surface area contributed by atoms with Gasteiger partial charge in [0.2, 0.25) is 10.0 Å². The number of nitrogens with one attached hydrogen (secondary N) is 1. The molecule has 0 bridgehead atoms. The topological polar surface area (TPSA) is 86.4 Å². The molecule has 1 aliphatic rings. The van der Waals surface area contributed by atoms with Gasteiger partial charge in [0.15, 0.2) is 5.69 Å². The SMILES string of the molecule is Cc1ccc(S(=O)(=O)N2CCC(c3cc(C(=O)N(C)c4ccccc4)n[nH]3)CC2)cc1. The van der Waals surface area contributed by atoms with Crippen LogP contribution < -0.4 is 4.90 Å². The van der Waals surface area contributed by atoms with Gasteiger partial charge in [-0.2, -0.15) is 9.40 Å². The molecule has 162 valence electrons. The predicted octanol–water partition coefficient (Wildman–Crippen LogP) is 3.56. The molecule has 8 heteroatoms. The highest BCUT2D eigenvalue weighted by molar-refractivity contribution is 7.89. The fraction of sp³-hybridized carbons (Fsp3) is 0.304. The second-order valence-electron chi connectivity index (χ2n) is 7.90. The van der Waals surface area contributed by atoms with E-state index in [1.165, 1.54) is 0 Å². The van der Waals surface area contributed by atoms with Gasteiger partial charge in [0.1, 0.15) is 0 Å². The standard InChI is InChI=1S/C23H26N4O3S/c1-17-8-10-20(11-9-17)31(29,30)27-14-12-18(13-15-27)21-16-22(25-24-21)23(28)26(2)19-6-4-3-5-7-19/h3-11,16,18H,12-15H2,1-2H3,(H,24,25). The molecule has 1 saturated heterocycles. The van der Waals surface area contributed by atoms with E-state index in [1.807, 2.05) is 49.4 Å². The Labute approximate surface area is 182 Å². The number of sulfonamides is 1. The van der Waals surface area contributed by atoms with E-state index in [-0.39, 0.29) is 11.8 Å². The third-order valence-corrected chi connectivity index (χ3v) is 7.73. The molecule has 1 aliphatic heterocycles. The van der Waals surface area contributed by atoms with E-state index >= 15 is 0 Å². The minimum Gasteiger partial charge on any atom is -0.310 e. The lowest BCUT2D eigenvalue weighted by molar-refractivity contribution is 0.0988. The number of anilines is 1. The molecule has 0 saturated carbocycles. The van der Waals surface area contributed by atoms with Gasteiger partial charge in [-0.3, -0.25) is 9.89 Å². The highest BCUT2D eigenvalue weighted by Gasteiger charge is 2.31. The summed E-state index contributed by atoms with van der Waals surface area (Å²) in [5, 5.41) is 7.20. The zero-order chi connectivity index (χ0) is 22.0. The van der Waals surface area contributed by atoms with Gasteiger partial charge in [-0.15, -0.1) is 0 Å². The molecule has 3 aromatic rings. The highest BCUT2D eigenvalue weighted by Crippen LogP contribution is 2.30. The van der Waals surface area contributed by atoms with Gasteiger partial charge in [-0.25, -0.2) is 8.42 Å². The number of nitrogens with zero attached hydrogens (tertiary/aromatic N) is 3. The Morgan fingerprint density at radius 3 is 2.35 bits per heavy atom. The zero-order valence-electron chi connectivity index (χ0n) is 17.7. The molecular formula is C23H26N4O3S. The molecule has 0 aliphatic carbocycles. The van der Waals surface area contributed by atoms with Crippen LogP contribution in [0.2, 0.25) is 0 Å². The number of H-pyrrole nitrogens is 1. The van der Waals surface area contributed by atoms with E-state index in [0.717, 1.165) is 16.9 Å². The van der Waals surface area contributed by atoms with Crippen LogP contribution in [0.5, 0.6) is 0 Å². The highest BCUT2D eigenvalue weighted by atomic mass is 32.2. The number of amides is 1. The molecule has 31 heavy (non-hydrogen) atoms. The van der Waals surface area contributed by atoms with Gasteiger partial charge in [0.25, 0.3) is 5.91 Å². The summed E-state index contributed by atoms with van der Waals surface area (Å²) < 4.78 is 27.3. The molecule has 1 fully saturated rings. The van der Waals surface area contributed by atoms with Crippen molar-refractivity contribution in [3.05, 3.63) is 77.6 Å². The number of carbonyl (C=O) groups is 1. The lowest BCUT2D eigenvalue weighted by atomic mass is 9.94. The molecule has 0 atom stereocenters. The van der Waals surface area contributed by atoms with Crippen molar-refractivity contribution < 1.29 is 13.2 Å². The van der Waals surface area contributed by atoms with Crippen molar-refractivity contribution in [2.24, 2.45) is 0 Å². The van der Waals surface area contributed by atoms with Crippen LogP contribution in [-0.2, 0) is 10.0 Å². The number of para-hydroxylation sites is 1. The van der Waals surface area contributed by atoms with Crippen molar-refractivity contribution in [3.8, 4) is 0 Å². The number of aryl methyl sites for hydroxylation is 1. The van der Waals surface area contributed by atoms with Gasteiger partial charge in [-0.05, 0) is 50.1 Å². The van der Waals surface area contributed by atoms with Crippen molar-refractivity contribution in [3.63, 3.8) is 0 Å². The Balaban J connectivity index is 1.41. The molecule has 0 spiro atoms. The van der Waals surface area contributed by atoms with Crippen LogP contribution in [0.4, 0.5) is 5.69 Å². The quantitative estimate of drug-likeness (QED) is 0.660. The summed E-state index contributed by atoms with van der Waals surface area (Å²) in [4.78, 5) is 14.7. The molecule has 1 aromatic heterocycles. The Morgan fingerprint density at radius 1 is 1.06 bits per heavy atom. The third kappa shape index (κ3) is 4.40. The third-order valence-electron chi connectivity index (χ3n) is 5.82. The summed E-state index contributed by atoms with van der Waals surface area (Å²) in [6.45, 7) is 2.81. The van der Waals surface area contributed by atoms with Gasteiger partial charge in [0, 0.05) is 37.4 Å². The van der Waals surface area contributed by atoms with E-state index in [0.29, 0.717) is 36.5 Å². The average molecular weight is 439 g/mol. The van der Waals surface area contributed by atoms with E-state index in [4.69, 9.17) is 0 Å². The maximum atomic E-state index is 12.9. The molecule has 4 rings (SSSR count). The van der Waals surface area contributed by atoms with Crippen LogP contribution in [-0.4, -0.2) is 49.0 Å². The van der Waals surface area contributed by atoms with Crippen LogP contribution in [0.25, 0.3) is 0 Å². The minimum absolute atomic E-state index is 0.139. The second-order valence-corrected chi connectivity index (χ2v) is 9.84. The first-order valence-corrected chi connectivity index (χ1v) is 11.8. The van der Waals surface area contributed by atoms with Crippen LogP contribution in [0.3, 0.4) is 0 Å². The fourth-order valence-corrected chi connectivity index (χ4v) is 5.33. The molecule has 2 aromatic carbocycles. The second kappa shape index (κ2) is 8.64. The summed E-state index contributed by atoms with van der Waals surface area (Å²) in [5.74, 6) is -0.0476. The fourth-order valence-electron chi connectivity index (χ4n) is 3.86. The summed E-state index contributed by atoms with van der Waals surface area (Å²) >= 11 is 0. The van der Waals surface area contributed by atoms with E-state index in [9.17, 15) is 13.2 Å². The number of aromatic nitrogens is 2. The number of piperidine rings is 1. The lowest BCUT2D eigenvalue weighted by Crippen LogP contribution is -2.37. The van der Waals surface area contributed by atoms with Crippen LogP contribution in [0.1, 0.15) is 40.5 Å². The number of hydrogen-bond donors (Lipinski definition) is 1. The minimum atomic E-state index is -3.49. The molecule has 0 unspecified atom stereocenters. The number of benzene rings is 2. The van der Waals surface area contributed by atoms with Gasteiger partial charge in [-0.1, -0.05) is 35.9 Å². The summed E-state index contributed by atoms with van der Waals surface area (Å²) in [7, 11) is -1.77. The van der Waals surface area contributed by atoms with Crippen molar-refractivity contribution in [1.82, 2.24) is 14.5 Å². The van der Waals surface area contributed by atoms with Crippen LogP contribution in [0.15, 0.2) is 65.6 Å². The molecule has 0 radical (unpaired) electrons. The van der Waals surface area contributed by atoms with Crippen LogP contribution >= 0.6 is 0 Å². The van der Waals surface area contributed by atoms with E-state index in [1.54, 1.807) is 34.5 Å². The van der Waals surface area contributed by atoms with Crippen molar-refractivity contribution in [1.29, 1.82) is 0 Å². The Morgan fingerprint density at radius 2 is 1.71 bits per heavy atom. The predicted molar refractivity (Wildman–Crippen MR) is 120 cm³/mol. The molecular weight excluding hydrogens is 412 g/mol. The number of aromatic amines is 1. The van der Waals surface area contributed by atoms with Gasteiger partial charge >= 0.3 is 0 Å². The average Bonchev–Trinajstić information content (AvgIpc) is 3.29. The first-order valence-electron chi connectivity index (χ1n) is 10.3. The Bertz CT molecular complexity index is 1150. The zero-order valence-corrected chi connectivity index (χ0v) is 18.5. The van der Waals surface area contributed by atoms with Gasteiger partial charge in [0.05, 0.1) is 4.90 Å². The van der Waals surface area contributed by atoms with Crippen molar-refractivity contribution in [2.75, 3.05) is 25.0 Å². The van der Waals surface area contributed by atoms with E-state index < -0.39 is 10.0 Å². The van der Waals surface area contributed by atoms with E-state index in [2.05, 4.69) is 10.2 Å². The van der Waals surface area contributed by atoms with Crippen molar-refractivity contribution >= 4 is 21.6 Å². The smallest absolute Gasteiger partial charge is 0.278 e. The maximum absolute atomic E-state index is 12.9. The largest absolute Gasteiger partial charge is 0.310 e. The van der Waals surface area contributed by atoms with Crippen molar-refractivity contribution in [2.45, 2.75) is 30.6 Å². The normalized spacial score (nSPS) is 15.7. The summed E-state index contributed by atoms with van der Waals surface area (Å²) in [6.07, 6.45) is 1.35. The summed E-state index contributed by atoms with van der Waals surface area (Å²) in [5.41, 5.74) is 3.06. The number of rotatable bonds is 5. The maximum Gasteiger partial charge on any atom is 0.278 e. The monoisotopic (exact) mass is 438 g/mol. The first kappa shape index (κ1) is 21.3. The summed E-state index contributed by atoms with van der Waals surface area (Å²) in [6, 6.07) is 18.1. The van der Waals surface area contributed by atoms with Crippen LogP contribution in [0, 0.1) is 6.92 Å². The number of hydrogen-bond acceptors (Lipinski definition) is 4. The molecule has 7 nitrogen and oxygen atoms in total. The first-order chi connectivity index (χ1) is 14.9. The molecule has 1 N–H and O–H groups in total. The number of carbonyl (C=O) groups excluding carboxylic acids is 1. The molecule has 2 heterocycles. The Kier molecular flexibility index (Phi) is 5.93. The lowest BCUT2D eigenvalue weighted by Gasteiger charge is -2.30. The van der Waals surface area contributed by atoms with Gasteiger partial charge < -0.3 is 4.90 Å². The Hall–Kier alpha value is -2.97.